The molecule has 5 N–H and O–H groups in total. The van der Waals surface area contributed by atoms with E-state index in [2.05, 4.69) is 0 Å². The van der Waals surface area contributed by atoms with Gasteiger partial charge in [-0.1, -0.05) is 6.42 Å². The molecule has 0 fully saturated rings. The van der Waals surface area contributed by atoms with E-state index < -0.39 is 12.0 Å². The van der Waals surface area contributed by atoms with Crippen molar-refractivity contribution in [3.8, 4) is 0 Å². The Balaban J connectivity index is -0.000000405. The zero-order valence-corrected chi connectivity index (χ0v) is 8.92. The zero-order chi connectivity index (χ0) is 7.98. The molecule has 62 valence electrons. The maximum Gasteiger partial charge on any atom is 1.00 e. The van der Waals surface area contributed by atoms with Crippen LogP contribution < -0.4 is 41.0 Å². The second-order valence-electron chi connectivity index (χ2n) is 2.23. The summed E-state index contributed by atoms with van der Waals surface area (Å²) in [6.45, 7) is 0.604. The van der Waals surface area contributed by atoms with E-state index in [0.717, 1.165) is 12.8 Å². The van der Waals surface area contributed by atoms with Crippen LogP contribution in [0.2, 0.25) is 0 Å². The molecule has 0 aliphatic carbocycles. The SMILES string of the molecule is NCCCC[C@H](N)C(=O)O.[H-].[Na+]. The minimum absolute atomic E-state index is 0. The van der Waals surface area contributed by atoms with Gasteiger partial charge >= 0.3 is 35.5 Å². The first-order valence-corrected chi connectivity index (χ1v) is 3.37. The molecule has 1 atom stereocenters. The van der Waals surface area contributed by atoms with Gasteiger partial charge in [-0.3, -0.25) is 4.79 Å². The molecule has 0 aromatic rings. The molecule has 0 unspecified atom stereocenters. The molecule has 4 nitrogen and oxygen atoms in total. The van der Waals surface area contributed by atoms with E-state index in [1.807, 2.05) is 0 Å². The Morgan fingerprint density at radius 2 is 2.09 bits per heavy atom. The van der Waals surface area contributed by atoms with E-state index >= 15 is 0 Å². The second kappa shape index (κ2) is 8.49. The Morgan fingerprint density at radius 3 is 2.45 bits per heavy atom. The monoisotopic (exact) mass is 170 g/mol. The minimum Gasteiger partial charge on any atom is -1.00 e. The molecule has 0 bridgehead atoms. The average molecular weight is 170 g/mol. The largest absolute Gasteiger partial charge is 1.00 e. The third-order valence-corrected chi connectivity index (χ3v) is 1.29. The van der Waals surface area contributed by atoms with Crippen LogP contribution in [0.3, 0.4) is 0 Å². The smallest absolute Gasteiger partial charge is 1.00 e. The first-order valence-electron chi connectivity index (χ1n) is 3.37. The number of nitrogens with two attached hydrogens (primary N) is 2. The van der Waals surface area contributed by atoms with Crippen molar-refractivity contribution in [1.29, 1.82) is 0 Å². The summed E-state index contributed by atoms with van der Waals surface area (Å²) in [7, 11) is 0. The van der Waals surface area contributed by atoms with Crippen LogP contribution in [-0.4, -0.2) is 23.7 Å². The van der Waals surface area contributed by atoms with E-state index in [9.17, 15) is 4.79 Å². The summed E-state index contributed by atoms with van der Waals surface area (Å²) in [4.78, 5) is 10.1. The van der Waals surface area contributed by atoms with Crippen LogP contribution in [0.25, 0.3) is 0 Å². The van der Waals surface area contributed by atoms with E-state index in [4.69, 9.17) is 16.6 Å². The number of hydrogen-bond acceptors (Lipinski definition) is 3. The van der Waals surface area contributed by atoms with Crippen LogP contribution in [-0.2, 0) is 4.79 Å². The molecular weight excluding hydrogens is 155 g/mol. The van der Waals surface area contributed by atoms with Gasteiger partial charge in [0.1, 0.15) is 6.04 Å². The zero-order valence-electron chi connectivity index (χ0n) is 7.92. The molecule has 5 heteroatoms. The normalized spacial score (nSPS) is 11.8. The van der Waals surface area contributed by atoms with E-state index in [1.165, 1.54) is 0 Å². The number of carboxylic acids is 1. The van der Waals surface area contributed by atoms with Crippen LogP contribution >= 0.6 is 0 Å². The van der Waals surface area contributed by atoms with Gasteiger partial charge in [0.25, 0.3) is 0 Å². The first kappa shape index (κ1) is 13.9. The molecule has 11 heavy (non-hydrogen) atoms. The maximum absolute atomic E-state index is 10.1. The molecule has 0 saturated carbocycles. The van der Waals surface area contributed by atoms with Crippen molar-refractivity contribution in [2.45, 2.75) is 25.3 Å². The summed E-state index contributed by atoms with van der Waals surface area (Å²) in [6, 6.07) is -0.716. The fourth-order valence-corrected chi connectivity index (χ4v) is 0.632. The molecule has 0 aliphatic rings. The fraction of sp³-hybridized carbons (Fsp3) is 0.833. The molecule has 0 aromatic heterocycles. The van der Waals surface area contributed by atoms with Gasteiger partial charge in [-0.15, -0.1) is 0 Å². The van der Waals surface area contributed by atoms with Crippen LogP contribution in [0, 0.1) is 0 Å². The van der Waals surface area contributed by atoms with Crippen LogP contribution in [0.4, 0.5) is 0 Å². The topological polar surface area (TPSA) is 89.3 Å². The Morgan fingerprint density at radius 1 is 1.55 bits per heavy atom. The minimum atomic E-state index is -0.933. The Kier molecular flexibility index (Phi) is 10.8. The first-order chi connectivity index (χ1) is 4.68. The van der Waals surface area contributed by atoms with Gasteiger partial charge in [0.05, 0.1) is 0 Å². The fourth-order valence-electron chi connectivity index (χ4n) is 0.632. The van der Waals surface area contributed by atoms with Crippen molar-refractivity contribution in [3.05, 3.63) is 0 Å². The summed E-state index contributed by atoms with van der Waals surface area (Å²) in [6.07, 6.45) is 2.16. The van der Waals surface area contributed by atoms with Crippen molar-refractivity contribution >= 4 is 5.97 Å². The standard InChI is InChI=1S/C6H14N2O2.Na.H/c7-4-2-1-3-5(8)6(9)10;;/h5H,1-4,7-8H2,(H,9,10);;/q;+1;-1/t5-;;/m0../s1. The van der Waals surface area contributed by atoms with Gasteiger partial charge in [0.15, 0.2) is 0 Å². The summed E-state index contributed by atoms with van der Waals surface area (Å²) in [5.41, 5.74) is 10.4. The van der Waals surface area contributed by atoms with E-state index in [0.29, 0.717) is 13.0 Å². The Labute approximate surface area is 90.1 Å². The third kappa shape index (κ3) is 8.29. The molecule has 0 saturated heterocycles. The second-order valence-corrected chi connectivity index (χ2v) is 2.23. The Hall–Kier alpha value is 0.390. The van der Waals surface area contributed by atoms with Crippen LogP contribution in [0.15, 0.2) is 0 Å². The number of hydrogen-bond donors (Lipinski definition) is 3. The molecular formula is C6H15N2NaO2. The van der Waals surface area contributed by atoms with Gasteiger partial charge in [-0.25, -0.2) is 0 Å². The van der Waals surface area contributed by atoms with Crippen LogP contribution in [0.1, 0.15) is 20.7 Å². The van der Waals surface area contributed by atoms with Crippen LogP contribution in [0.5, 0.6) is 0 Å². The van der Waals surface area contributed by atoms with Gasteiger partial charge < -0.3 is 18.0 Å². The van der Waals surface area contributed by atoms with Gasteiger partial charge in [0.2, 0.25) is 0 Å². The predicted molar refractivity (Wildman–Crippen MR) is 39.6 cm³/mol. The van der Waals surface area contributed by atoms with Gasteiger partial charge in [-0.2, -0.15) is 0 Å². The average Bonchev–Trinajstić information content (AvgIpc) is 1.88. The summed E-state index contributed by atoms with van der Waals surface area (Å²) < 4.78 is 0. The predicted octanol–water partition coefficient (Wildman–Crippen LogP) is -3.36. The third-order valence-electron chi connectivity index (χ3n) is 1.29. The van der Waals surface area contributed by atoms with Crippen molar-refractivity contribution in [1.82, 2.24) is 0 Å². The van der Waals surface area contributed by atoms with Crippen molar-refractivity contribution in [3.63, 3.8) is 0 Å². The quantitative estimate of drug-likeness (QED) is 0.297. The number of aliphatic carboxylic acids is 1. The summed E-state index contributed by atoms with van der Waals surface area (Å²) in [5, 5.41) is 8.33. The van der Waals surface area contributed by atoms with E-state index in [1.54, 1.807) is 0 Å². The van der Waals surface area contributed by atoms with Gasteiger partial charge in [-0.05, 0) is 19.4 Å². The molecule has 0 radical (unpaired) electrons. The summed E-state index contributed by atoms with van der Waals surface area (Å²) >= 11 is 0. The molecule has 0 rings (SSSR count). The van der Waals surface area contributed by atoms with Crippen molar-refractivity contribution < 1.29 is 40.9 Å². The molecule has 0 aliphatic heterocycles. The molecule has 0 spiro atoms. The van der Waals surface area contributed by atoms with Crippen molar-refractivity contribution in [2.75, 3.05) is 6.54 Å². The van der Waals surface area contributed by atoms with E-state index in [-0.39, 0.29) is 31.0 Å². The van der Waals surface area contributed by atoms with Gasteiger partial charge in [0, 0.05) is 0 Å². The summed E-state index contributed by atoms with van der Waals surface area (Å²) in [5.74, 6) is -0.933. The van der Waals surface area contributed by atoms with Crippen molar-refractivity contribution in [2.24, 2.45) is 11.5 Å². The molecule has 0 heterocycles. The molecule has 0 amide bonds. The molecule has 0 aromatic carbocycles. The maximum atomic E-state index is 10.1. The number of rotatable bonds is 5. The number of unbranched alkanes of at least 4 members (excludes halogenated alkanes) is 1. The Bertz CT molecular complexity index is 116. The number of carbonyl (C=O) groups is 1. The number of carboxylic acid groups (broad SMARTS) is 1.